The Kier molecular flexibility index (Phi) is 5.33. The average molecular weight is 304 g/mol. The Morgan fingerprint density at radius 1 is 1.18 bits per heavy atom. The second kappa shape index (κ2) is 7.03. The summed E-state index contributed by atoms with van der Waals surface area (Å²) in [6.45, 7) is 7.82. The standard InChI is InChI=1S/C18H28N2O2/c1-5-13-6-7-16(12-13)19-14-8-10-15(11-9-14)20-17(21)22-18(2,3)4/h8-11,13,16,19H,5-7,12H2,1-4H3,(H,20,21). The van der Waals surface area contributed by atoms with Crippen LogP contribution in [0.3, 0.4) is 0 Å². The van der Waals surface area contributed by atoms with Crippen molar-refractivity contribution < 1.29 is 9.53 Å². The maximum Gasteiger partial charge on any atom is 0.412 e. The van der Waals surface area contributed by atoms with Gasteiger partial charge in [0, 0.05) is 17.4 Å². The van der Waals surface area contributed by atoms with Gasteiger partial charge in [0.1, 0.15) is 5.60 Å². The number of ether oxygens (including phenoxy) is 1. The third-order valence-electron chi connectivity index (χ3n) is 4.02. The number of anilines is 2. The molecule has 2 atom stereocenters. The molecular formula is C18H28N2O2. The molecule has 22 heavy (non-hydrogen) atoms. The molecule has 1 aromatic rings. The maximum atomic E-state index is 11.7. The highest BCUT2D eigenvalue weighted by molar-refractivity contribution is 5.85. The van der Waals surface area contributed by atoms with E-state index in [0.29, 0.717) is 6.04 Å². The van der Waals surface area contributed by atoms with Crippen molar-refractivity contribution in [1.29, 1.82) is 0 Å². The summed E-state index contributed by atoms with van der Waals surface area (Å²) in [6.07, 6.45) is 4.68. The summed E-state index contributed by atoms with van der Waals surface area (Å²) in [5, 5.41) is 6.33. The Bertz CT molecular complexity index is 491. The molecule has 4 heteroatoms. The van der Waals surface area contributed by atoms with Crippen LogP contribution in [-0.4, -0.2) is 17.7 Å². The molecule has 1 fully saturated rings. The van der Waals surface area contributed by atoms with Gasteiger partial charge in [0.25, 0.3) is 0 Å². The summed E-state index contributed by atoms with van der Waals surface area (Å²) in [6, 6.07) is 8.39. The maximum absolute atomic E-state index is 11.7. The third kappa shape index (κ3) is 5.24. The van der Waals surface area contributed by atoms with Crippen molar-refractivity contribution in [3.05, 3.63) is 24.3 Å². The minimum atomic E-state index is -0.482. The van der Waals surface area contributed by atoms with E-state index in [1.807, 2.05) is 45.0 Å². The fraction of sp³-hybridized carbons (Fsp3) is 0.611. The molecule has 2 N–H and O–H groups in total. The van der Waals surface area contributed by atoms with Gasteiger partial charge >= 0.3 is 6.09 Å². The normalized spacial score (nSPS) is 21.5. The number of nitrogens with one attached hydrogen (secondary N) is 2. The van der Waals surface area contributed by atoms with Crippen molar-refractivity contribution >= 4 is 17.5 Å². The number of hydrogen-bond acceptors (Lipinski definition) is 3. The van der Waals surface area contributed by atoms with Crippen LogP contribution in [0.15, 0.2) is 24.3 Å². The second-order valence-corrected chi connectivity index (χ2v) is 7.13. The summed E-state index contributed by atoms with van der Waals surface area (Å²) in [5.74, 6) is 0.866. The highest BCUT2D eigenvalue weighted by Crippen LogP contribution is 2.30. The van der Waals surface area contributed by atoms with Gasteiger partial charge in [0.05, 0.1) is 0 Å². The minimum absolute atomic E-state index is 0.421. The first-order valence-corrected chi connectivity index (χ1v) is 8.22. The van der Waals surface area contributed by atoms with E-state index in [0.717, 1.165) is 17.3 Å². The number of carbonyl (C=O) groups excluding carboxylic acids is 1. The molecule has 2 rings (SSSR count). The molecule has 0 spiro atoms. The van der Waals surface area contributed by atoms with Crippen LogP contribution in [-0.2, 0) is 4.74 Å². The van der Waals surface area contributed by atoms with Gasteiger partial charge in [0.2, 0.25) is 0 Å². The summed E-state index contributed by atoms with van der Waals surface area (Å²) < 4.78 is 5.24. The summed E-state index contributed by atoms with van der Waals surface area (Å²) >= 11 is 0. The molecule has 122 valence electrons. The Hall–Kier alpha value is -1.71. The van der Waals surface area contributed by atoms with E-state index in [1.54, 1.807) is 0 Å². The van der Waals surface area contributed by atoms with Crippen molar-refractivity contribution in [2.24, 2.45) is 5.92 Å². The van der Waals surface area contributed by atoms with Gasteiger partial charge in [-0.3, -0.25) is 5.32 Å². The minimum Gasteiger partial charge on any atom is -0.444 e. The molecule has 0 heterocycles. The smallest absolute Gasteiger partial charge is 0.412 e. The lowest BCUT2D eigenvalue weighted by molar-refractivity contribution is 0.0636. The third-order valence-corrected chi connectivity index (χ3v) is 4.02. The van der Waals surface area contributed by atoms with E-state index in [1.165, 1.54) is 25.7 Å². The van der Waals surface area contributed by atoms with Crippen LogP contribution in [0.4, 0.5) is 16.2 Å². The zero-order chi connectivity index (χ0) is 16.2. The summed E-state index contributed by atoms with van der Waals surface area (Å²) in [5.41, 5.74) is 1.37. The van der Waals surface area contributed by atoms with Crippen molar-refractivity contribution in [2.45, 2.75) is 65.0 Å². The zero-order valence-corrected chi connectivity index (χ0v) is 14.1. The fourth-order valence-electron chi connectivity index (χ4n) is 2.88. The van der Waals surface area contributed by atoms with Crippen LogP contribution in [0.2, 0.25) is 0 Å². The highest BCUT2D eigenvalue weighted by Gasteiger charge is 2.23. The Morgan fingerprint density at radius 2 is 1.82 bits per heavy atom. The van der Waals surface area contributed by atoms with Crippen molar-refractivity contribution in [1.82, 2.24) is 0 Å². The Balaban J connectivity index is 1.84. The van der Waals surface area contributed by atoms with Crippen molar-refractivity contribution in [3.8, 4) is 0 Å². The molecule has 1 amide bonds. The average Bonchev–Trinajstić information content (AvgIpc) is 2.86. The lowest BCUT2D eigenvalue weighted by atomic mass is 10.1. The molecule has 0 radical (unpaired) electrons. The molecule has 0 bridgehead atoms. The molecule has 2 unspecified atom stereocenters. The summed E-state index contributed by atoms with van der Waals surface area (Å²) in [4.78, 5) is 11.7. The predicted molar refractivity (Wildman–Crippen MR) is 91.3 cm³/mol. The van der Waals surface area contributed by atoms with Gasteiger partial charge in [-0.1, -0.05) is 13.3 Å². The van der Waals surface area contributed by atoms with Crippen LogP contribution in [0.25, 0.3) is 0 Å². The van der Waals surface area contributed by atoms with Gasteiger partial charge < -0.3 is 10.1 Å². The lowest BCUT2D eigenvalue weighted by Gasteiger charge is -2.20. The van der Waals surface area contributed by atoms with E-state index in [-0.39, 0.29) is 0 Å². The highest BCUT2D eigenvalue weighted by atomic mass is 16.6. The Morgan fingerprint density at radius 3 is 2.36 bits per heavy atom. The second-order valence-electron chi connectivity index (χ2n) is 7.13. The van der Waals surface area contributed by atoms with Crippen LogP contribution in [0.5, 0.6) is 0 Å². The molecule has 0 aliphatic heterocycles. The van der Waals surface area contributed by atoms with Crippen molar-refractivity contribution in [3.63, 3.8) is 0 Å². The number of carbonyl (C=O) groups is 1. The van der Waals surface area contributed by atoms with Gasteiger partial charge in [-0.15, -0.1) is 0 Å². The van der Waals surface area contributed by atoms with Gasteiger partial charge in [-0.25, -0.2) is 4.79 Å². The van der Waals surface area contributed by atoms with E-state index in [4.69, 9.17) is 4.74 Å². The lowest BCUT2D eigenvalue weighted by Crippen LogP contribution is -2.27. The van der Waals surface area contributed by atoms with Crippen molar-refractivity contribution in [2.75, 3.05) is 10.6 Å². The number of amides is 1. The largest absolute Gasteiger partial charge is 0.444 e. The van der Waals surface area contributed by atoms with Gasteiger partial charge in [-0.2, -0.15) is 0 Å². The molecule has 1 aliphatic carbocycles. The molecule has 0 aromatic heterocycles. The SMILES string of the molecule is CCC1CCC(Nc2ccc(NC(=O)OC(C)(C)C)cc2)C1. The van der Waals surface area contributed by atoms with Gasteiger partial charge in [-0.05, 0) is 70.2 Å². The number of hydrogen-bond donors (Lipinski definition) is 2. The molecule has 0 saturated heterocycles. The van der Waals surface area contributed by atoms with E-state index < -0.39 is 11.7 Å². The van der Waals surface area contributed by atoms with E-state index >= 15 is 0 Å². The number of benzene rings is 1. The van der Waals surface area contributed by atoms with E-state index in [9.17, 15) is 4.79 Å². The van der Waals surface area contributed by atoms with Crippen LogP contribution in [0.1, 0.15) is 53.4 Å². The molecule has 4 nitrogen and oxygen atoms in total. The molecule has 1 aliphatic rings. The first-order chi connectivity index (χ1) is 10.4. The topological polar surface area (TPSA) is 50.4 Å². The first kappa shape index (κ1) is 16.7. The molecule has 1 saturated carbocycles. The van der Waals surface area contributed by atoms with E-state index in [2.05, 4.69) is 17.6 Å². The van der Waals surface area contributed by atoms with Crippen LogP contribution < -0.4 is 10.6 Å². The van der Waals surface area contributed by atoms with Gasteiger partial charge in [0.15, 0.2) is 0 Å². The number of rotatable bonds is 4. The summed E-state index contributed by atoms with van der Waals surface area (Å²) in [7, 11) is 0. The first-order valence-electron chi connectivity index (χ1n) is 8.22. The quantitative estimate of drug-likeness (QED) is 0.820. The van der Waals surface area contributed by atoms with Crippen LogP contribution >= 0.6 is 0 Å². The van der Waals surface area contributed by atoms with Crippen LogP contribution in [0, 0.1) is 5.92 Å². The Labute approximate surface area is 133 Å². The molecular weight excluding hydrogens is 276 g/mol. The fourth-order valence-corrected chi connectivity index (χ4v) is 2.88. The monoisotopic (exact) mass is 304 g/mol. The predicted octanol–water partition coefficient (Wildman–Crippen LogP) is 5.02. The molecule has 1 aromatic carbocycles. The zero-order valence-electron chi connectivity index (χ0n) is 14.1.